The molecule has 164 valence electrons. The van der Waals surface area contributed by atoms with Crippen LogP contribution in [-0.2, 0) is 23.2 Å². The number of halogens is 1. The van der Waals surface area contributed by atoms with Gasteiger partial charge in [-0.15, -0.1) is 12.4 Å². The number of hydrogen-bond acceptors (Lipinski definition) is 4. The number of imidazole rings is 1. The fourth-order valence-electron chi connectivity index (χ4n) is 3.13. The van der Waals surface area contributed by atoms with E-state index in [0.29, 0.717) is 18.7 Å². The minimum atomic E-state index is -3.53. The molecule has 0 fully saturated rings. The molecule has 8 heteroatoms. The first-order valence-electron chi connectivity index (χ1n) is 10.2. The molecule has 0 saturated carbocycles. The average Bonchev–Trinajstić information content (AvgIpc) is 3.08. The highest BCUT2D eigenvalue weighted by atomic mass is 35.5. The van der Waals surface area contributed by atoms with Crippen LogP contribution >= 0.6 is 12.4 Å². The molecule has 1 heterocycles. The van der Waals surface area contributed by atoms with Crippen LogP contribution in [0.15, 0.2) is 53.4 Å². The molecule has 3 aromatic rings. The zero-order chi connectivity index (χ0) is 20.7. The minimum absolute atomic E-state index is 0. The summed E-state index contributed by atoms with van der Waals surface area (Å²) in [6.45, 7) is 5.77. The van der Waals surface area contributed by atoms with Crippen LogP contribution in [0.5, 0.6) is 5.75 Å². The summed E-state index contributed by atoms with van der Waals surface area (Å²) in [4.78, 5) is 4.94. The minimum Gasteiger partial charge on any atom is -0.486 e. The second kappa shape index (κ2) is 11.3. The zero-order valence-electron chi connectivity index (χ0n) is 17.5. The topological polar surface area (TPSA) is 73.2 Å². The number of hydrogen-bond donors (Lipinski definition) is 1. The fourth-order valence-corrected chi connectivity index (χ4v) is 4.23. The van der Waals surface area contributed by atoms with Gasteiger partial charge in [-0.1, -0.05) is 44.9 Å². The van der Waals surface area contributed by atoms with Gasteiger partial charge in [0, 0.05) is 13.1 Å². The summed E-state index contributed by atoms with van der Waals surface area (Å²) in [5.41, 5.74) is 1.60. The zero-order valence-corrected chi connectivity index (χ0v) is 19.1. The maximum atomic E-state index is 12.6. The Morgan fingerprint density at radius 1 is 1.03 bits per heavy atom. The summed E-state index contributed by atoms with van der Waals surface area (Å²) in [5, 5.41) is 0. The summed E-state index contributed by atoms with van der Waals surface area (Å²) in [6.07, 6.45) is 3.83. The Kier molecular flexibility index (Phi) is 9.14. The van der Waals surface area contributed by atoms with Gasteiger partial charge in [-0.25, -0.2) is 18.1 Å². The molecule has 2 aromatic carbocycles. The highest BCUT2D eigenvalue weighted by molar-refractivity contribution is 7.89. The van der Waals surface area contributed by atoms with E-state index in [1.807, 2.05) is 43.3 Å². The summed E-state index contributed by atoms with van der Waals surface area (Å²) >= 11 is 0. The second-order valence-electron chi connectivity index (χ2n) is 7.04. The smallest absolute Gasteiger partial charge is 0.240 e. The van der Waals surface area contributed by atoms with E-state index in [1.54, 1.807) is 12.1 Å². The molecule has 0 spiro atoms. The number of nitrogens with zero attached hydrogens (tertiary/aromatic N) is 2. The van der Waals surface area contributed by atoms with Gasteiger partial charge in [-0.05, 0) is 43.2 Å². The Labute approximate surface area is 185 Å². The van der Waals surface area contributed by atoms with Crippen molar-refractivity contribution < 1.29 is 13.2 Å². The number of nitrogens with one attached hydrogen (secondary N) is 1. The molecule has 0 aliphatic rings. The second-order valence-corrected chi connectivity index (χ2v) is 8.80. The Hall–Kier alpha value is -2.09. The fraction of sp³-hybridized carbons (Fsp3) is 0.409. The van der Waals surface area contributed by atoms with Crippen LogP contribution in [0.2, 0.25) is 0 Å². The maximum absolute atomic E-state index is 12.6. The van der Waals surface area contributed by atoms with E-state index in [9.17, 15) is 8.42 Å². The van der Waals surface area contributed by atoms with Crippen molar-refractivity contribution in [3.63, 3.8) is 0 Å². The van der Waals surface area contributed by atoms with Crippen LogP contribution in [0, 0.1) is 0 Å². The normalized spacial score (nSPS) is 11.4. The first-order valence-corrected chi connectivity index (χ1v) is 11.7. The van der Waals surface area contributed by atoms with Crippen LogP contribution in [0.1, 0.15) is 45.4 Å². The largest absolute Gasteiger partial charge is 0.486 e. The standard InChI is InChI=1S/C22H29N3O3S.ClH/c1-3-5-14-23-29(26,27)19-12-13-21-20(16-19)24-22(25(21)15-6-4-2)17-28-18-10-8-7-9-11-18;/h7-13,16,23H,3-6,14-15,17H2,1-2H3;1H. The van der Waals surface area contributed by atoms with E-state index in [0.717, 1.165) is 49.3 Å². The number of aromatic nitrogens is 2. The van der Waals surface area contributed by atoms with Crippen molar-refractivity contribution in [2.24, 2.45) is 0 Å². The molecule has 0 aliphatic carbocycles. The van der Waals surface area contributed by atoms with Crippen LogP contribution in [0.4, 0.5) is 0 Å². The molecule has 1 N–H and O–H groups in total. The lowest BCUT2D eigenvalue weighted by Crippen LogP contribution is -2.24. The van der Waals surface area contributed by atoms with Crippen molar-refractivity contribution in [1.29, 1.82) is 0 Å². The molecule has 0 aliphatic heterocycles. The molecule has 30 heavy (non-hydrogen) atoms. The van der Waals surface area contributed by atoms with Gasteiger partial charge in [-0.3, -0.25) is 0 Å². The number of benzene rings is 2. The van der Waals surface area contributed by atoms with E-state index in [4.69, 9.17) is 9.72 Å². The van der Waals surface area contributed by atoms with E-state index in [1.165, 1.54) is 0 Å². The first kappa shape index (κ1) is 24.2. The number of ether oxygens (including phenoxy) is 1. The molecule has 0 atom stereocenters. The van der Waals surface area contributed by atoms with Crippen molar-refractivity contribution in [3.05, 3.63) is 54.4 Å². The summed E-state index contributed by atoms with van der Waals surface area (Å²) < 4.78 is 35.8. The van der Waals surface area contributed by atoms with E-state index in [2.05, 4.69) is 16.2 Å². The van der Waals surface area contributed by atoms with E-state index < -0.39 is 10.0 Å². The van der Waals surface area contributed by atoms with Gasteiger partial charge in [-0.2, -0.15) is 0 Å². The van der Waals surface area contributed by atoms with Crippen molar-refractivity contribution in [2.75, 3.05) is 6.54 Å². The predicted octanol–water partition coefficient (Wildman–Crippen LogP) is 4.92. The average molecular weight is 452 g/mol. The number of rotatable bonds is 11. The monoisotopic (exact) mass is 451 g/mol. The van der Waals surface area contributed by atoms with E-state index in [-0.39, 0.29) is 17.3 Å². The summed E-state index contributed by atoms with van der Waals surface area (Å²) in [6, 6.07) is 14.8. The van der Waals surface area contributed by atoms with Crippen molar-refractivity contribution in [3.8, 4) is 5.75 Å². The quantitative estimate of drug-likeness (QED) is 0.420. The summed E-state index contributed by atoms with van der Waals surface area (Å²) in [5.74, 6) is 1.58. The number of unbranched alkanes of at least 4 members (excludes halogenated alkanes) is 2. The molecule has 3 rings (SSSR count). The highest BCUT2D eigenvalue weighted by Gasteiger charge is 2.17. The first-order chi connectivity index (χ1) is 14.0. The highest BCUT2D eigenvalue weighted by Crippen LogP contribution is 2.22. The van der Waals surface area contributed by atoms with Gasteiger partial charge >= 0.3 is 0 Å². The number of sulfonamides is 1. The van der Waals surface area contributed by atoms with Gasteiger partial charge in [0.1, 0.15) is 18.2 Å². The Bertz CT molecular complexity index is 1040. The molecular weight excluding hydrogens is 422 g/mol. The maximum Gasteiger partial charge on any atom is 0.240 e. The molecular formula is C22H30ClN3O3S. The third-order valence-electron chi connectivity index (χ3n) is 4.78. The third kappa shape index (κ3) is 5.97. The number of fused-ring (bicyclic) bond motifs is 1. The molecule has 1 aromatic heterocycles. The van der Waals surface area contributed by atoms with Crippen molar-refractivity contribution in [2.45, 2.75) is 57.6 Å². The molecule has 0 unspecified atom stereocenters. The SMILES string of the molecule is CCCCNS(=O)(=O)c1ccc2c(c1)nc(COc1ccccc1)n2CCCC.Cl. The van der Waals surface area contributed by atoms with Crippen molar-refractivity contribution >= 4 is 33.5 Å². The number of aryl methyl sites for hydroxylation is 1. The van der Waals surface area contributed by atoms with Gasteiger partial charge in [0.15, 0.2) is 0 Å². The molecule has 0 radical (unpaired) electrons. The lowest BCUT2D eigenvalue weighted by Gasteiger charge is -2.10. The van der Waals surface area contributed by atoms with E-state index >= 15 is 0 Å². The summed E-state index contributed by atoms with van der Waals surface area (Å²) in [7, 11) is -3.53. The Morgan fingerprint density at radius 2 is 1.77 bits per heavy atom. The van der Waals surface area contributed by atoms with Crippen LogP contribution in [0.25, 0.3) is 11.0 Å². The van der Waals surface area contributed by atoms with Gasteiger partial charge < -0.3 is 9.30 Å². The third-order valence-corrected chi connectivity index (χ3v) is 6.24. The Balaban J connectivity index is 0.00000320. The number of para-hydroxylation sites is 1. The van der Waals surface area contributed by atoms with Crippen LogP contribution < -0.4 is 9.46 Å². The Morgan fingerprint density at radius 3 is 2.47 bits per heavy atom. The molecule has 0 amide bonds. The van der Waals surface area contributed by atoms with Gasteiger partial charge in [0.25, 0.3) is 0 Å². The van der Waals surface area contributed by atoms with Gasteiger partial charge in [0.05, 0.1) is 15.9 Å². The van der Waals surface area contributed by atoms with Crippen molar-refractivity contribution in [1.82, 2.24) is 14.3 Å². The van der Waals surface area contributed by atoms with Crippen LogP contribution in [-0.4, -0.2) is 24.5 Å². The molecule has 6 nitrogen and oxygen atoms in total. The molecule has 0 saturated heterocycles. The van der Waals surface area contributed by atoms with Crippen LogP contribution in [0.3, 0.4) is 0 Å². The molecule has 0 bridgehead atoms. The lowest BCUT2D eigenvalue weighted by atomic mass is 10.3. The van der Waals surface area contributed by atoms with Gasteiger partial charge in [0.2, 0.25) is 10.0 Å². The lowest BCUT2D eigenvalue weighted by molar-refractivity contribution is 0.289. The predicted molar refractivity (Wildman–Crippen MR) is 123 cm³/mol.